The van der Waals surface area contributed by atoms with Crippen molar-refractivity contribution in [3.63, 3.8) is 0 Å². The first-order chi connectivity index (χ1) is 30.6. The van der Waals surface area contributed by atoms with Crippen LogP contribution in [0.4, 0.5) is 28.8 Å². The van der Waals surface area contributed by atoms with Crippen molar-refractivity contribution in [3.8, 4) is 45.8 Å². The highest BCUT2D eigenvalue weighted by Gasteiger charge is 2.24. The van der Waals surface area contributed by atoms with Crippen molar-refractivity contribution in [1.29, 1.82) is 0 Å². The minimum absolute atomic E-state index is 0.415. The number of pyridine rings is 4. The third kappa shape index (κ3) is 7.58. The molecule has 310 valence electrons. The Morgan fingerprint density at radius 2 is 1.13 bits per heavy atom. The molecule has 0 radical (unpaired) electrons. The number of nitrogens with one attached hydrogen (secondary N) is 3. The van der Waals surface area contributed by atoms with Gasteiger partial charge in [-0.2, -0.15) is 0 Å². The lowest BCUT2D eigenvalue weighted by Gasteiger charge is -2.30. The number of fused-ring (bicyclic) bond motifs is 2. The van der Waals surface area contributed by atoms with Crippen LogP contribution in [0.2, 0.25) is 0 Å². The minimum Gasteiger partial charge on any atom is -0.494 e. The van der Waals surface area contributed by atoms with Crippen LogP contribution in [-0.2, 0) is 0 Å². The van der Waals surface area contributed by atoms with Crippen LogP contribution < -0.4 is 40.3 Å². The third-order valence-corrected chi connectivity index (χ3v) is 10.6. The Morgan fingerprint density at radius 3 is 1.69 bits per heavy atom. The highest BCUT2D eigenvalue weighted by atomic mass is 16.5. The van der Waals surface area contributed by atoms with Crippen LogP contribution in [-0.4, -0.2) is 126 Å². The summed E-state index contributed by atoms with van der Waals surface area (Å²) in [5.74, 6) is 4.81. The molecule has 10 heterocycles. The van der Waals surface area contributed by atoms with Gasteiger partial charge in [0.05, 0.1) is 91.3 Å². The van der Waals surface area contributed by atoms with Gasteiger partial charge in [0, 0.05) is 75.9 Å². The van der Waals surface area contributed by atoms with Crippen LogP contribution in [0.15, 0.2) is 92.6 Å². The molecule has 0 spiro atoms. The Hall–Kier alpha value is -7.84. The van der Waals surface area contributed by atoms with Crippen LogP contribution >= 0.6 is 0 Å². The van der Waals surface area contributed by atoms with Gasteiger partial charge >= 0.3 is 0 Å². The van der Waals surface area contributed by atoms with Crippen LogP contribution in [0.1, 0.15) is 0 Å². The van der Waals surface area contributed by atoms with Gasteiger partial charge in [-0.05, 0) is 24.3 Å². The molecule has 10 rings (SSSR count). The van der Waals surface area contributed by atoms with Crippen molar-refractivity contribution < 1.29 is 9.47 Å². The van der Waals surface area contributed by atoms with Crippen molar-refractivity contribution in [1.82, 2.24) is 70.4 Å². The maximum absolute atomic E-state index is 5.71. The van der Waals surface area contributed by atoms with Gasteiger partial charge in [-0.25, -0.2) is 49.9 Å². The van der Waals surface area contributed by atoms with E-state index in [0.29, 0.717) is 62.9 Å². The number of piperazine rings is 2. The smallest absolute Gasteiger partial charge is 0.178 e. The Morgan fingerprint density at radius 1 is 0.581 bits per heavy atom. The van der Waals surface area contributed by atoms with Crippen LogP contribution in [0, 0.1) is 0 Å². The average molecular weight is 829 g/mol. The van der Waals surface area contributed by atoms with Gasteiger partial charge in [-0.15, -0.1) is 0 Å². The molecule has 2 fully saturated rings. The first-order valence-corrected chi connectivity index (χ1v) is 20.0. The summed E-state index contributed by atoms with van der Waals surface area (Å²) in [5.41, 5.74) is 7.99. The largest absolute Gasteiger partial charge is 0.494 e. The van der Waals surface area contributed by atoms with Gasteiger partial charge in [-0.3, -0.25) is 20.4 Å². The summed E-state index contributed by atoms with van der Waals surface area (Å²) in [7, 11) is 3.26. The van der Waals surface area contributed by atoms with E-state index in [-0.39, 0.29) is 0 Å². The second-order valence-corrected chi connectivity index (χ2v) is 14.4. The molecule has 20 heteroatoms. The van der Waals surface area contributed by atoms with E-state index in [9.17, 15) is 0 Å². The topological polar surface area (TPSA) is 219 Å². The molecule has 2 aliphatic rings. The molecule has 0 unspecified atom stereocenters. The second-order valence-electron chi connectivity index (χ2n) is 14.4. The fraction of sp³-hybridized carbons (Fsp3) is 0.238. The standard InChI is InChI=1S/C42H40N18O2/c1-61-33-23-45-21-31-36(33)41(58-11-7-43-8-12-58)55-38(53-31)26-3-5-49-30(15-26)40-51-17-28(18-52-40)57-60(29-19-47-25-48-20-29)35-16-27(4-6-50-35)39-54-32-22-46-24-34(62-2)37(32)42(56-39)59-13-9-44-10-14-59/h3-6,15-25,43-44,57H,7-14H2,1-2H3. The molecule has 8 aromatic heterocycles. The molecule has 0 saturated carbocycles. The lowest BCUT2D eigenvalue weighted by Crippen LogP contribution is -2.44. The summed E-state index contributed by atoms with van der Waals surface area (Å²) in [6, 6.07) is 7.53. The van der Waals surface area contributed by atoms with E-state index in [4.69, 9.17) is 44.4 Å². The fourth-order valence-corrected chi connectivity index (χ4v) is 7.53. The van der Waals surface area contributed by atoms with E-state index in [2.05, 4.69) is 50.8 Å². The predicted molar refractivity (Wildman–Crippen MR) is 233 cm³/mol. The molecule has 3 N–H and O–H groups in total. The first-order valence-electron chi connectivity index (χ1n) is 20.0. The van der Waals surface area contributed by atoms with Crippen LogP contribution in [0.3, 0.4) is 0 Å². The molecule has 0 atom stereocenters. The summed E-state index contributed by atoms with van der Waals surface area (Å²) in [6.45, 7) is 6.56. The Kier molecular flexibility index (Phi) is 10.5. The monoisotopic (exact) mass is 828 g/mol. The number of hydrogen-bond donors (Lipinski definition) is 3. The van der Waals surface area contributed by atoms with Crippen molar-refractivity contribution in [2.45, 2.75) is 0 Å². The van der Waals surface area contributed by atoms with E-state index < -0.39 is 0 Å². The van der Waals surface area contributed by atoms with Gasteiger partial charge in [0.1, 0.15) is 40.8 Å². The summed E-state index contributed by atoms with van der Waals surface area (Å²) >= 11 is 0. The zero-order chi connectivity index (χ0) is 41.8. The summed E-state index contributed by atoms with van der Waals surface area (Å²) in [4.78, 5) is 60.6. The van der Waals surface area contributed by atoms with E-state index in [1.807, 2.05) is 24.3 Å². The summed E-state index contributed by atoms with van der Waals surface area (Å²) in [6.07, 6.45) is 18.5. The number of anilines is 5. The molecular weight excluding hydrogens is 789 g/mol. The Bertz CT molecular complexity index is 2860. The number of nitrogens with zero attached hydrogens (tertiary/aromatic N) is 15. The van der Waals surface area contributed by atoms with Crippen molar-refractivity contribution >= 4 is 50.6 Å². The zero-order valence-electron chi connectivity index (χ0n) is 33.8. The number of ether oxygens (including phenoxy) is 2. The van der Waals surface area contributed by atoms with Crippen LogP contribution in [0.5, 0.6) is 11.5 Å². The molecule has 0 bridgehead atoms. The van der Waals surface area contributed by atoms with E-state index in [0.717, 1.165) is 85.9 Å². The SMILES string of the molecule is COc1cncc2nc(-c3ccnc(-c4ncc(NN(c5cncnc5)c5cc(-c6nc(N7CCNCC7)c7c(OC)cncc7n6)ccn5)cn4)c3)nc(N3CCNCC3)c12. The maximum atomic E-state index is 5.71. The van der Waals surface area contributed by atoms with Gasteiger partial charge in [0.2, 0.25) is 0 Å². The quantitative estimate of drug-likeness (QED) is 0.158. The van der Waals surface area contributed by atoms with Gasteiger partial charge in [0.15, 0.2) is 23.3 Å². The van der Waals surface area contributed by atoms with Crippen LogP contribution in [0.25, 0.3) is 56.1 Å². The normalized spacial score (nSPS) is 14.2. The molecule has 0 aromatic carbocycles. The number of hydrogen-bond acceptors (Lipinski definition) is 20. The average Bonchev–Trinajstić information content (AvgIpc) is 3.35. The summed E-state index contributed by atoms with van der Waals surface area (Å²) < 4.78 is 11.4. The third-order valence-electron chi connectivity index (χ3n) is 10.6. The lowest BCUT2D eigenvalue weighted by molar-refractivity contribution is 0.417. The van der Waals surface area contributed by atoms with E-state index in [1.54, 1.807) is 81.2 Å². The molecular formula is C42H40N18O2. The number of aromatic nitrogens is 12. The van der Waals surface area contributed by atoms with Gasteiger partial charge in [0.25, 0.3) is 0 Å². The maximum Gasteiger partial charge on any atom is 0.178 e. The molecule has 8 aromatic rings. The number of methoxy groups -OCH3 is 2. The fourth-order valence-electron chi connectivity index (χ4n) is 7.53. The molecule has 20 nitrogen and oxygen atoms in total. The molecule has 0 amide bonds. The lowest BCUT2D eigenvalue weighted by atomic mass is 10.1. The number of hydrazine groups is 1. The highest BCUT2D eigenvalue weighted by molar-refractivity contribution is 5.96. The second kappa shape index (κ2) is 17.0. The van der Waals surface area contributed by atoms with Gasteiger partial charge in [-0.1, -0.05) is 0 Å². The predicted octanol–water partition coefficient (Wildman–Crippen LogP) is 3.74. The number of rotatable bonds is 11. The van der Waals surface area contributed by atoms with Crippen molar-refractivity contribution in [3.05, 3.63) is 92.6 Å². The molecule has 62 heavy (non-hydrogen) atoms. The Balaban J connectivity index is 0.957. The van der Waals surface area contributed by atoms with E-state index >= 15 is 0 Å². The zero-order valence-corrected chi connectivity index (χ0v) is 33.8. The first kappa shape index (κ1) is 38.4. The minimum atomic E-state index is 0.415. The van der Waals surface area contributed by atoms with Crippen molar-refractivity contribution in [2.75, 3.05) is 86.8 Å². The van der Waals surface area contributed by atoms with E-state index in [1.165, 1.54) is 6.33 Å². The molecule has 2 aliphatic heterocycles. The summed E-state index contributed by atoms with van der Waals surface area (Å²) in [5, 5.41) is 10.2. The molecule has 0 aliphatic carbocycles. The molecule has 2 saturated heterocycles. The van der Waals surface area contributed by atoms with Crippen molar-refractivity contribution in [2.24, 2.45) is 0 Å². The highest BCUT2D eigenvalue weighted by Crippen LogP contribution is 2.36. The van der Waals surface area contributed by atoms with Gasteiger partial charge < -0.3 is 29.9 Å². The Labute approximate surface area is 354 Å².